The molecule has 0 radical (unpaired) electrons. The Morgan fingerprint density at radius 3 is 2.40 bits per heavy atom. The highest BCUT2D eigenvalue weighted by atomic mass is 16.5. The van der Waals surface area contributed by atoms with Crippen molar-refractivity contribution in [2.45, 2.75) is 18.9 Å². The van der Waals surface area contributed by atoms with Gasteiger partial charge >= 0.3 is 0 Å². The number of para-hydroxylation sites is 1. The normalized spacial score (nSPS) is 34.0. The summed E-state index contributed by atoms with van der Waals surface area (Å²) in [5.41, 5.74) is 0. The van der Waals surface area contributed by atoms with Crippen LogP contribution in [-0.2, 0) is 0 Å². The number of hydrogen-bond acceptors (Lipinski definition) is 2. The van der Waals surface area contributed by atoms with Gasteiger partial charge in [0.05, 0.1) is 0 Å². The highest BCUT2D eigenvalue weighted by molar-refractivity contribution is 5.21. The van der Waals surface area contributed by atoms with Crippen molar-refractivity contribution in [1.82, 2.24) is 4.90 Å². The van der Waals surface area contributed by atoms with Crippen molar-refractivity contribution in [3.05, 3.63) is 30.3 Å². The Morgan fingerprint density at radius 1 is 1.07 bits per heavy atom. The maximum absolute atomic E-state index is 6.05. The predicted molar refractivity (Wildman–Crippen MR) is 60.0 cm³/mol. The molecule has 0 amide bonds. The fraction of sp³-hybridized carbons (Fsp3) is 0.538. The number of ether oxygens (including phenoxy) is 1. The molecule has 1 aromatic rings. The Labute approximate surface area is 90.8 Å². The van der Waals surface area contributed by atoms with Crippen LogP contribution in [0.25, 0.3) is 0 Å². The molecule has 3 aliphatic heterocycles. The number of piperidine rings is 3. The van der Waals surface area contributed by atoms with Crippen molar-refractivity contribution >= 4 is 0 Å². The lowest BCUT2D eigenvalue weighted by atomic mass is 9.86. The minimum Gasteiger partial charge on any atom is -0.489 e. The summed E-state index contributed by atoms with van der Waals surface area (Å²) in [7, 11) is 0. The number of rotatable bonds is 2. The highest BCUT2D eigenvalue weighted by Gasteiger charge is 2.35. The average molecular weight is 203 g/mol. The van der Waals surface area contributed by atoms with Gasteiger partial charge in [-0.2, -0.15) is 0 Å². The van der Waals surface area contributed by atoms with Gasteiger partial charge in [-0.15, -0.1) is 0 Å². The third kappa shape index (κ3) is 1.86. The Balaban J connectivity index is 1.69. The molecule has 0 aromatic heterocycles. The third-order valence-electron chi connectivity index (χ3n) is 3.63. The Bertz CT molecular complexity index is 317. The van der Waals surface area contributed by atoms with Crippen molar-refractivity contribution in [3.63, 3.8) is 0 Å². The molecule has 1 aromatic carbocycles. The summed E-state index contributed by atoms with van der Waals surface area (Å²) >= 11 is 0. The van der Waals surface area contributed by atoms with Crippen LogP contribution in [0.5, 0.6) is 5.75 Å². The minimum atomic E-state index is 0.426. The summed E-state index contributed by atoms with van der Waals surface area (Å²) in [5.74, 6) is 1.81. The van der Waals surface area contributed by atoms with Crippen LogP contribution in [0.3, 0.4) is 0 Å². The van der Waals surface area contributed by atoms with Crippen LogP contribution < -0.4 is 4.74 Å². The zero-order valence-electron chi connectivity index (χ0n) is 8.93. The smallest absolute Gasteiger partial charge is 0.119 e. The first-order valence-electron chi connectivity index (χ1n) is 5.86. The van der Waals surface area contributed by atoms with Crippen LogP contribution in [0.2, 0.25) is 0 Å². The molecule has 2 nitrogen and oxygen atoms in total. The van der Waals surface area contributed by atoms with Crippen molar-refractivity contribution in [2.24, 2.45) is 5.92 Å². The molecule has 15 heavy (non-hydrogen) atoms. The summed E-state index contributed by atoms with van der Waals surface area (Å²) in [6.45, 7) is 3.68. The van der Waals surface area contributed by atoms with Gasteiger partial charge in [0.15, 0.2) is 0 Å². The number of nitrogens with zero attached hydrogens (tertiary/aromatic N) is 1. The fourth-order valence-corrected chi connectivity index (χ4v) is 2.72. The van der Waals surface area contributed by atoms with E-state index in [4.69, 9.17) is 4.74 Å². The van der Waals surface area contributed by atoms with Crippen LogP contribution in [0, 0.1) is 5.92 Å². The van der Waals surface area contributed by atoms with Gasteiger partial charge in [0.1, 0.15) is 11.9 Å². The molecule has 3 aliphatic rings. The first-order valence-corrected chi connectivity index (χ1v) is 5.86. The second kappa shape index (κ2) is 3.86. The van der Waals surface area contributed by atoms with E-state index in [1.807, 2.05) is 18.2 Å². The van der Waals surface area contributed by atoms with Gasteiger partial charge in [-0.25, -0.2) is 0 Å². The van der Waals surface area contributed by atoms with Crippen LogP contribution in [0.4, 0.5) is 0 Å². The van der Waals surface area contributed by atoms with E-state index in [1.165, 1.54) is 25.9 Å². The molecule has 3 heterocycles. The second-order valence-corrected chi connectivity index (χ2v) is 4.61. The maximum atomic E-state index is 6.05. The molecular formula is C13H17NO. The lowest BCUT2D eigenvalue weighted by Crippen LogP contribution is -2.52. The van der Waals surface area contributed by atoms with Crippen LogP contribution in [0.15, 0.2) is 30.3 Å². The molecule has 0 aliphatic carbocycles. The molecule has 0 saturated carbocycles. The Hall–Kier alpha value is -1.02. The van der Waals surface area contributed by atoms with E-state index in [1.54, 1.807) is 0 Å². The number of benzene rings is 1. The van der Waals surface area contributed by atoms with Crippen molar-refractivity contribution < 1.29 is 4.74 Å². The highest BCUT2D eigenvalue weighted by Crippen LogP contribution is 2.30. The molecule has 1 atom stereocenters. The van der Waals surface area contributed by atoms with E-state index in [0.29, 0.717) is 6.10 Å². The van der Waals surface area contributed by atoms with Gasteiger partial charge in [-0.3, -0.25) is 4.90 Å². The van der Waals surface area contributed by atoms with Gasteiger partial charge in [0.2, 0.25) is 0 Å². The first-order chi connectivity index (χ1) is 7.42. The minimum absolute atomic E-state index is 0.426. The van der Waals surface area contributed by atoms with E-state index >= 15 is 0 Å². The van der Waals surface area contributed by atoms with E-state index in [0.717, 1.165) is 18.2 Å². The van der Waals surface area contributed by atoms with E-state index in [2.05, 4.69) is 17.0 Å². The summed E-state index contributed by atoms with van der Waals surface area (Å²) < 4.78 is 6.05. The fourth-order valence-electron chi connectivity index (χ4n) is 2.72. The Morgan fingerprint density at radius 2 is 1.80 bits per heavy atom. The third-order valence-corrected chi connectivity index (χ3v) is 3.63. The number of fused-ring (bicyclic) bond motifs is 3. The second-order valence-electron chi connectivity index (χ2n) is 4.61. The number of hydrogen-bond donors (Lipinski definition) is 0. The van der Waals surface area contributed by atoms with Crippen LogP contribution in [0.1, 0.15) is 12.8 Å². The van der Waals surface area contributed by atoms with E-state index in [-0.39, 0.29) is 0 Å². The van der Waals surface area contributed by atoms with Gasteiger partial charge in [0.25, 0.3) is 0 Å². The van der Waals surface area contributed by atoms with Gasteiger partial charge in [-0.05, 0) is 44.0 Å². The Kier molecular flexibility index (Phi) is 2.37. The van der Waals surface area contributed by atoms with Gasteiger partial charge in [0, 0.05) is 6.54 Å². The van der Waals surface area contributed by atoms with Crippen LogP contribution >= 0.6 is 0 Å². The van der Waals surface area contributed by atoms with Crippen molar-refractivity contribution in [3.8, 4) is 5.75 Å². The molecule has 2 heteroatoms. The van der Waals surface area contributed by atoms with Crippen molar-refractivity contribution in [1.29, 1.82) is 0 Å². The average Bonchev–Trinajstić information content (AvgIpc) is 2.32. The van der Waals surface area contributed by atoms with Crippen LogP contribution in [-0.4, -0.2) is 30.6 Å². The van der Waals surface area contributed by atoms with Gasteiger partial charge in [-0.1, -0.05) is 18.2 Å². The molecule has 0 spiro atoms. The van der Waals surface area contributed by atoms with Gasteiger partial charge < -0.3 is 4.74 Å². The molecule has 2 bridgehead atoms. The topological polar surface area (TPSA) is 12.5 Å². The van der Waals surface area contributed by atoms with E-state index in [9.17, 15) is 0 Å². The molecule has 3 saturated heterocycles. The van der Waals surface area contributed by atoms with Crippen molar-refractivity contribution in [2.75, 3.05) is 19.6 Å². The zero-order valence-corrected chi connectivity index (χ0v) is 8.93. The summed E-state index contributed by atoms with van der Waals surface area (Å²) in [4.78, 5) is 2.52. The quantitative estimate of drug-likeness (QED) is 0.730. The molecule has 80 valence electrons. The predicted octanol–water partition coefficient (Wildman–Crippen LogP) is 2.16. The van der Waals surface area contributed by atoms with E-state index < -0.39 is 0 Å². The molecular weight excluding hydrogens is 186 g/mol. The molecule has 0 N–H and O–H groups in total. The first kappa shape index (κ1) is 9.22. The lowest BCUT2D eigenvalue weighted by molar-refractivity contribution is -0.00775. The maximum Gasteiger partial charge on any atom is 0.119 e. The lowest BCUT2D eigenvalue weighted by Gasteiger charge is -2.44. The SMILES string of the molecule is c1ccc(O[C@H]2CN3CCC2CC3)cc1. The summed E-state index contributed by atoms with van der Waals surface area (Å²) in [6, 6.07) is 10.2. The monoisotopic (exact) mass is 203 g/mol. The molecule has 3 fully saturated rings. The summed E-state index contributed by atoms with van der Waals surface area (Å²) in [5, 5.41) is 0. The summed E-state index contributed by atoms with van der Waals surface area (Å²) in [6.07, 6.45) is 3.06. The zero-order chi connectivity index (χ0) is 10.1. The molecule has 4 rings (SSSR count). The molecule has 0 unspecified atom stereocenters. The standard InChI is InChI=1S/C13H17NO/c1-2-4-12(5-3-1)15-13-10-14-8-6-11(13)7-9-14/h1-5,11,13H,6-10H2/t13-/m0/s1. The largest absolute Gasteiger partial charge is 0.489 e.